The fourth-order valence-electron chi connectivity index (χ4n) is 4.63. The zero-order valence-electron chi connectivity index (χ0n) is 19.3. The summed E-state index contributed by atoms with van der Waals surface area (Å²) in [7, 11) is 2.06. The van der Waals surface area contributed by atoms with Gasteiger partial charge in [-0.2, -0.15) is 0 Å². The third-order valence-electron chi connectivity index (χ3n) is 6.69. The molecule has 0 spiro atoms. The number of fused-ring (bicyclic) bond motifs is 2. The number of benzene rings is 2. The van der Waals surface area contributed by atoms with Crippen LogP contribution in [0.15, 0.2) is 36.4 Å². The van der Waals surface area contributed by atoms with Gasteiger partial charge in [-0.15, -0.1) is 0 Å². The minimum Gasteiger partial charge on any atom is -0.488 e. The van der Waals surface area contributed by atoms with E-state index in [4.69, 9.17) is 4.74 Å². The van der Waals surface area contributed by atoms with Crippen LogP contribution in [0, 0.1) is 0 Å². The molecule has 4 rings (SSSR count). The van der Waals surface area contributed by atoms with E-state index in [1.807, 2.05) is 24.0 Å². The summed E-state index contributed by atoms with van der Waals surface area (Å²) in [5.74, 6) is 0.888. The molecule has 5 nitrogen and oxygen atoms in total. The Hall–Kier alpha value is -2.69. The van der Waals surface area contributed by atoms with Gasteiger partial charge in [-0.1, -0.05) is 37.6 Å². The lowest BCUT2D eigenvalue weighted by molar-refractivity contribution is 0.0761. The van der Waals surface area contributed by atoms with Crippen LogP contribution in [-0.4, -0.2) is 43.2 Å². The first-order chi connectivity index (χ1) is 15.0. The van der Waals surface area contributed by atoms with Crippen molar-refractivity contribution in [1.82, 2.24) is 4.90 Å². The van der Waals surface area contributed by atoms with Crippen molar-refractivity contribution in [3.05, 3.63) is 53.1 Å². The van der Waals surface area contributed by atoms with Gasteiger partial charge in [0.25, 0.3) is 5.91 Å². The number of anilines is 2. The fraction of sp³-hybridized carbons (Fsp3) is 0.500. The van der Waals surface area contributed by atoms with Gasteiger partial charge in [0, 0.05) is 32.1 Å². The molecule has 2 aromatic carbocycles. The average molecular weight is 422 g/mol. The van der Waals surface area contributed by atoms with Gasteiger partial charge in [0.1, 0.15) is 17.5 Å². The molecule has 1 amide bonds. The van der Waals surface area contributed by atoms with E-state index in [9.17, 15) is 4.79 Å². The minimum absolute atomic E-state index is 0.0885. The number of hydrogen-bond acceptors (Lipinski definition) is 4. The summed E-state index contributed by atoms with van der Waals surface area (Å²) in [6, 6.07) is 12.6. The highest BCUT2D eigenvalue weighted by molar-refractivity contribution is 5.98. The van der Waals surface area contributed by atoms with E-state index in [0.29, 0.717) is 5.56 Å². The van der Waals surface area contributed by atoms with Crippen LogP contribution in [0.5, 0.6) is 5.75 Å². The molecule has 0 saturated carbocycles. The second-order valence-electron chi connectivity index (χ2n) is 8.79. The molecule has 0 radical (unpaired) electrons. The van der Waals surface area contributed by atoms with Crippen LogP contribution >= 0.6 is 0 Å². The van der Waals surface area contributed by atoms with Crippen molar-refractivity contribution in [2.75, 3.05) is 30.4 Å². The lowest BCUT2D eigenvalue weighted by atomic mass is 9.90. The van der Waals surface area contributed by atoms with Gasteiger partial charge in [-0.05, 0) is 56.4 Å². The smallest absolute Gasteiger partial charge is 0.254 e. The number of amides is 1. The Labute approximate surface area is 186 Å². The Balaban J connectivity index is 1.63. The standard InChI is InChI=1S/C26H35N3O2/c1-5-7-14-29(6-2)26(30)21-16-23-25(27-18(3)28(23)4)24(17-21)31-22-13-12-19-10-8-9-11-20(19)15-22/h8-11,16-18,22,27H,5-7,12-15H2,1-4H3. The first-order valence-electron chi connectivity index (χ1n) is 11.7. The molecule has 1 heterocycles. The number of carbonyl (C=O) groups excluding carboxylic acids is 1. The van der Waals surface area contributed by atoms with Crippen molar-refractivity contribution >= 4 is 17.3 Å². The molecule has 1 aliphatic carbocycles. The summed E-state index contributed by atoms with van der Waals surface area (Å²) in [5, 5.41) is 3.54. The van der Waals surface area contributed by atoms with Gasteiger partial charge in [-0.25, -0.2) is 0 Å². The van der Waals surface area contributed by atoms with Crippen molar-refractivity contribution in [3.8, 4) is 5.75 Å². The van der Waals surface area contributed by atoms with E-state index >= 15 is 0 Å². The second-order valence-corrected chi connectivity index (χ2v) is 8.79. The summed E-state index contributed by atoms with van der Waals surface area (Å²) in [6.45, 7) is 7.85. The number of nitrogens with one attached hydrogen (secondary N) is 1. The molecule has 31 heavy (non-hydrogen) atoms. The lowest BCUT2D eigenvalue weighted by Gasteiger charge is -2.27. The Bertz CT molecular complexity index is 942. The molecule has 2 aromatic rings. The number of unbranched alkanes of at least 4 members (excludes halogenated alkanes) is 1. The number of aryl methyl sites for hydroxylation is 1. The lowest BCUT2D eigenvalue weighted by Crippen LogP contribution is -2.32. The maximum absolute atomic E-state index is 13.3. The van der Waals surface area contributed by atoms with Crippen LogP contribution in [0.25, 0.3) is 0 Å². The number of ether oxygens (including phenoxy) is 1. The summed E-state index contributed by atoms with van der Waals surface area (Å²) in [4.78, 5) is 17.4. The fourth-order valence-corrected chi connectivity index (χ4v) is 4.63. The van der Waals surface area contributed by atoms with E-state index < -0.39 is 0 Å². The van der Waals surface area contributed by atoms with Gasteiger partial charge in [0.2, 0.25) is 0 Å². The number of carbonyl (C=O) groups is 1. The SMILES string of the molecule is CCCCN(CC)C(=O)c1cc(OC2CCc3ccccc3C2)c2c(c1)N(C)C(C)N2. The summed E-state index contributed by atoms with van der Waals surface area (Å²) >= 11 is 0. The molecule has 0 aromatic heterocycles. The number of rotatable bonds is 7. The topological polar surface area (TPSA) is 44.8 Å². The highest BCUT2D eigenvalue weighted by atomic mass is 16.5. The Morgan fingerprint density at radius 1 is 1.23 bits per heavy atom. The predicted octanol–water partition coefficient (Wildman–Crippen LogP) is 5.09. The molecule has 0 saturated heterocycles. The Morgan fingerprint density at radius 3 is 2.74 bits per heavy atom. The molecular formula is C26H35N3O2. The predicted molar refractivity (Wildman–Crippen MR) is 127 cm³/mol. The van der Waals surface area contributed by atoms with Crippen molar-refractivity contribution in [3.63, 3.8) is 0 Å². The molecule has 5 heteroatoms. The van der Waals surface area contributed by atoms with Crippen LogP contribution in [0.3, 0.4) is 0 Å². The van der Waals surface area contributed by atoms with Crippen LogP contribution in [-0.2, 0) is 12.8 Å². The van der Waals surface area contributed by atoms with Crippen molar-refractivity contribution in [2.45, 2.75) is 65.1 Å². The van der Waals surface area contributed by atoms with Crippen molar-refractivity contribution in [1.29, 1.82) is 0 Å². The molecule has 2 aliphatic rings. The molecular weight excluding hydrogens is 386 g/mol. The maximum Gasteiger partial charge on any atom is 0.254 e. The van der Waals surface area contributed by atoms with Gasteiger partial charge in [0.05, 0.1) is 11.9 Å². The normalized spacial score (nSPS) is 19.4. The first kappa shape index (κ1) is 21.5. The minimum atomic E-state index is 0.0885. The van der Waals surface area contributed by atoms with E-state index in [1.54, 1.807) is 0 Å². The largest absolute Gasteiger partial charge is 0.488 e. The summed E-state index contributed by atoms with van der Waals surface area (Å²) in [6.07, 6.45) is 5.32. The van der Waals surface area contributed by atoms with Crippen molar-refractivity contribution < 1.29 is 9.53 Å². The number of nitrogens with zero attached hydrogens (tertiary/aromatic N) is 2. The van der Waals surface area contributed by atoms with Gasteiger partial charge < -0.3 is 19.9 Å². The van der Waals surface area contributed by atoms with Crippen LogP contribution in [0.4, 0.5) is 11.4 Å². The summed E-state index contributed by atoms with van der Waals surface area (Å²) < 4.78 is 6.58. The van der Waals surface area contributed by atoms with E-state index in [2.05, 4.69) is 55.4 Å². The molecule has 0 bridgehead atoms. The van der Waals surface area contributed by atoms with Gasteiger partial charge in [-0.3, -0.25) is 4.79 Å². The molecule has 2 atom stereocenters. The zero-order chi connectivity index (χ0) is 22.0. The Kier molecular flexibility index (Phi) is 6.40. The number of hydrogen-bond donors (Lipinski definition) is 1. The van der Waals surface area contributed by atoms with Gasteiger partial charge >= 0.3 is 0 Å². The van der Waals surface area contributed by atoms with Crippen LogP contribution < -0.4 is 15.0 Å². The molecule has 166 valence electrons. The Morgan fingerprint density at radius 2 is 2.00 bits per heavy atom. The maximum atomic E-state index is 13.3. The van der Waals surface area contributed by atoms with Crippen molar-refractivity contribution in [2.24, 2.45) is 0 Å². The quantitative estimate of drug-likeness (QED) is 0.676. The molecule has 1 aliphatic heterocycles. The van der Waals surface area contributed by atoms with E-state index in [-0.39, 0.29) is 18.2 Å². The molecule has 1 N–H and O–H groups in total. The molecule has 0 fully saturated rings. The van der Waals surface area contributed by atoms with E-state index in [1.165, 1.54) is 11.1 Å². The first-order valence-corrected chi connectivity index (χ1v) is 11.7. The third-order valence-corrected chi connectivity index (χ3v) is 6.69. The summed E-state index contributed by atoms with van der Waals surface area (Å²) in [5.41, 5.74) is 5.55. The zero-order valence-corrected chi connectivity index (χ0v) is 19.3. The second kappa shape index (κ2) is 9.21. The third kappa shape index (κ3) is 4.36. The van der Waals surface area contributed by atoms with Gasteiger partial charge in [0.15, 0.2) is 0 Å². The van der Waals surface area contributed by atoms with Crippen LogP contribution in [0.1, 0.15) is 61.5 Å². The van der Waals surface area contributed by atoms with E-state index in [0.717, 1.165) is 62.3 Å². The average Bonchev–Trinajstić information content (AvgIpc) is 3.08. The highest BCUT2D eigenvalue weighted by Crippen LogP contribution is 2.43. The molecule has 2 unspecified atom stereocenters. The monoisotopic (exact) mass is 421 g/mol. The highest BCUT2D eigenvalue weighted by Gasteiger charge is 2.30. The van der Waals surface area contributed by atoms with Crippen LogP contribution in [0.2, 0.25) is 0 Å².